The van der Waals surface area contributed by atoms with Crippen molar-refractivity contribution >= 4 is 28.5 Å². The summed E-state index contributed by atoms with van der Waals surface area (Å²) in [6.45, 7) is 3.26. The van der Waals surface area contributed by atoms with Crippen LogP contribution in [0.4, 0.5) is 4.39 Å². The van der Waals surface area contributed by atoms with Crippen LogP contribution in [0.15, 0.2) is 47.8 Å². The molecule has 2 rings (SSSR count). The number of hydrogen-bond acceptors (Lipinski definition) is 3. The third-order valence-electron chi connectivity index (χ3n) is 2.44. The Morgan fingerprint density at radius 1 is 1.53 bits per heavy atom. The number of nitrogens with zero attached hydrogens (tertiary/aromatic N) is 2. The van der Waals surface area contributed by atoms with Crippen LogP contribution in [0, 0.1) is 0 Å². The quantitative estimate of drug-likeness (QED) is 0.457. The number of pyridine rings is 1. The van der Waals surface area contributed by atoms with Gasteiger partial charge in [0.05, 0.1) is 5.02 Å². The lowest BCUT2D eigenvalue weighted by Gasteiger charge is -2.00. The lowest BCUT2D eigenvalue weighted by atomic mass is 10.2. The van der Waals surface area contributed by atoms with Crippen LogP contribution < -0.4 is 11.5 Å². The fraction of sp³-hybridized carbons (Fsp3) is 0. The van der Waals surface area contributed by atoms with Gasteiger partial charge in [-0.15, -0.1) is 0 Å². The van der Waals surface area contributed by atoms with E-state index in [1.165, 1.54) is 6.20 Å². The van der Waals surface area contributed by atoms with Crippen molar-refractivity contribution in [3.63, 3.8) is 0 Å². The van der Waals surface area contributed by atoms with Crippen molar-refractivity contribution in [1.82, 2.24) is 9.97 Å². The topological polar surface area (TPSA) is 93.1 Å². The Hall–Kier alpha value is -2.34. The van der Waals surface area contributed by atoms with Crippen LogP contribution in [0.3, 0.4) is 0 Å². The van der Waals surface area contributed by atoms with Gasteiger partial charge in [0.25, 0.3) is 0 Å². The van der Waals surface area contributed by atoms with Gasteiger partial charge in [-0.25, -0.2) is 14.4 Å². The average Bonchev–Trinajstić information content (AvgIpc) is 2.80. The normalized spacial score (nSPS) is 13.5. The first kappa shape index (κ1) is 13.1. The van der Waals surface area contributed by atoms with Crippen LogP contribution in [-0.2, 0) is 0 Å². The van der Waals surface area contributed by atoms with E-state index in [0.29, 0.717) is 21.6 Å². The number of amidine groups is 1. The summed E-state index contributed by atoms with van der Waals surface area (Å²) in [7, 11) is 0. The molecule has 0 saturated carbocycles. The zero-order chi connectivity index (χ0) is 14.0. The molecule has 0 aliphatic rings. The lowest BCUT2D eigenvalue weighted by Crippen LogP contribution is -2.15. The maximum Gasteiger partial charge on any atom is 0.164 e. The summed E-state index contributed by atoms with van der Waals surface area (Å²) in [5, 5.41) is 1.14. The van der Waals surface area contributed by atoms with Gasteiger partial charge in [-0.3, -0.25) is 0 Å². The Balaban J connectivity index is 2.53. The van der Waals surface area contributed by atoms with Gasteiger partial charge in [0.15, 0.2) is 11.6 Å². The van der Waals surface area contributed by atoms with Gasteiger partial charge in [0.1, 0.15) is 11.5 Å². The minimum absolute atomic E-state index is 0.0600. The van der Waals surface area contributed by atoms with E-state index < -0.39 is 5.83 Å². The molecule has 0 radical (unpaired) electrons. The molecule has 2 aromatic heterocycles. The molecule has 2 heterocycles. The minimum atomic E-state index is -0.737. The minimum Gasteiger partial charge on any atom is -0.383 e. The number of nitrogens with one attached hydrogen (secondary N) is 1. The number of fused-ring (bicyclic) bond motifs is 1. The highest BCUT2D eigenvalue weighted by Gasteiger charge is 2.09. The molecule has 0 aliphatic heterocycles. The summed E-state index contributed by atoms with van der Waals surface area (Å²) < 4.78 is 13.1. The van der Waals surface area contributed by atoms with Crippen molar-refractivity contribution in [1.29, 1.82) is 0 Å². The summed E-state index contributed by atoms with van der Waals surface area (Å²) >= 11 is 5.87. The first-order chi connectivity index (χ1) is 9.02. The number of hydrogen-bond donors (Lipinski definition) is 3. The summed E-state index contributed by atoms with van der Waals surface area (Å²) in [6, 6.07) is 1.68. The van der Waals surface area contributed by atoms with Crippen LogP contribution >= 0.6 is 11.6 Å². The van der Waals surface area contributed by atoms with Gasteiger partial charge in [-0.1, -0.05) is 18.2 Å². The molecular weight excluding hydrogens is 269 g/mol. The smallest absolute Gasteiger partial charge is 0.164 e. The average molecular weight is 280 g/mol. The van der Waals surface area contributed by atoms with Crippen molar-refractivity contribution in [2.45, 2.75) is 0 Å². The van der Waals surface area contributed by atoms with E-state index in [1.54, 1.807) is 12.3 Å². The van der Waals surface area contributed by atoms with Crippen molar-refractivity contribution in [3.05, 3.63) is 53.3 Å². The number of nitrogens with two attached hydrogens (primary N) is 2. The first-order valence-corrected chi connectivity index (χ1v) is 5.65. The number of aromatic amines is 1. The number of H-pyrrole nitrogens is 1. The van der Waals surface area contributed by atoms with Crippen molar-refractivity contribution in [3.8, 4) is 0 Å². The third kappa shape index (κ3) is 2.58. The van der Waals surface area contributed by atoms with Crippen LogP contribution in [0.25, 0.3) is 11.0 Å². The molecule has 0 spiro atoms. The van der Waals surface area contributed by atoms with Crippen LogP contribution in [-0.4, -0.2) is 15.8 Å². The van der Waals surface area contributed by atoms with Crippen LogP contribution in [0.5, 0.6) is 0 Å². The van der Waals surface area contributed by atoms with E-state index in [-0.39, 0.29) is 11.7 Å². The molecule has 0 bridgehead atoms. The Morgan fingerprint density at radius 3 is 2.95 bits per heavy atom. The fourth-order valence-electron chi connectivity index (χ4n) is 1.54. The highest BCUT2D eigenvalue weighted by molar-refractivity contribution is 6.31. The molecule has 5 nitrogen and oxygen atoms in total. The second-order valence-electron chi connectivity index (χ2n) is 3.69. The molecular formula is C12H11ClFN5. The molecule has 0 unspecified atom stereocenters. The Morgan fingerprint density at radius 2 is 2.26 bits per heavy atom. The highest BCUT2D eigenvalue weighted by atomic mass is 35.5. The number of allylic oxidation sites excluding steroid dienone is 2. The zero-order valence-corrected chi connectivity index (χ0v) is 10.6. The van der Waals surface area contributed by atoms with Gasteiger partial charge in [0, 0.05) is 23.3 Å². The summed E-state index contributed by atoms with van der Waals surface area (Å²) in [4.78, 5) is 10.8. The maximum atomic E-state index is 13.1. The molecule has 0 saturated heterocycles. The van der Waals surface area contributed by atoms with E-state index in [2.05, 4.69) is 21.5 Å². The second kappa shape index (κ2) is 5.11. The second-order valence-corrected chi connectivity index (χ2v) is 4.12. The van der Waals surface area contributed by atoms with E-state index in [1.807, 2.05) is 0 Å². The molecule has 2 aromatic rings. The molecule has 5 N–H and O–H groups in total. The monoisotopic (exact) mass is 279 g/mol. The van der Waals surface area contributed by atoms with Crippen molar-refractivity contribution in [2.24, 2.45) is 16.5 Å². The van der Waals surface area contributed by atoms with Gasteiger partial charge >= 0.3 is 0 Å². The van der Waals surface area contributed by atoms with Crippen LogP contribution in [0.2, 0.25) is 5.02 Å². The molecule has 0 atom stereocenters. The fourth-order valence-corrected chi connectivity index (χ4v) is 1.70. The van der Waals surface area contributed by atoms with Crippen molar-refractivity contribution < 1.29 is 4.39 Å². The van der Waals surface area contributed by atoms with Crippen molar-refractivity contribution in [2.75, 3.05) is 0 Å². The molecule has 0 fully saturated rings. The van der Waals surface area contributed by atoms with E-state index in [0.717, 1.165) is 6.08 Å². The van der Waals surface area contributed by atoms with E-state index >= 15 is 0 Å². The van der Waals surface area contributed by atoms with E-state index in [4.69, 9.17) is 23.1 Å². The molecule has 0 aliphatic carbocycles. The highest BCUT2D eigenvalue weighted by Crippen LogP contribution is 2.20. The molecule has 7 heteroatoms. The molecule has 19 heavy (non-hydrogen) atoms. The summed E-state index contributed by atoms with van der Waals surface area (Å²) in [5.41, 5.74) is 12.4. The van der Waals surface area contributed by atoms with Crippen LogP contribution in [0.1, 0.15) is 5.56 Å². The number of rotatable bonds is 3. The molecule has 0 aromatic carbocycles. The predicted octanol–water partition coefficient (Wildman–Crippen LogP) is 2.20. The standard InChI is InChI=1S/C12H11ClFN5/c1-2-9(14)11(16)19-10(15)8-5-18-12-7(8)3-6(13)4-17-12/h2-5H,1,16H2,(H2,15,19)(H,17,18)/b11-9+. The Kier molecular flexibility index (Phi) is 3.52. The first-order valence-electron chi connectivity index (χ1n) is 5.27. The molecule has 0 amide bonds. The Bertz CT molecular complexity index is 701. The number of aliphatic imine (C=N–C) groups is 1. The SMILES string of the molecule is C=C/C(F)=C(/N)N=C(N)c1c[nH]c2ncc(Cl)cc12. The third-order valence-corrected chi connectivity index (χ3v) is 2.65. The molecule has 98 valence electrons. The zero-order valence-electron chi connectivity index (χ0n) is 9.82. The van der Waals surface area contributed by atoms with E-state index in [9.17, 15) is 4.39 Å². The van der Waals surface area contributed by atoms with Gasteiger partial charge in [-0.2, -0.15) is 0 Å². The van der Waals surface area contributed by atoms with Gasteiger partial charge < -0.3 is 16.5 Å². The summed E-state index contributed by atoms with van der Waals surface area (Å²) in [6.07, 6.45) is 4.06. The largest absolute Gasteiger partial charge is 0.383 e. The van der Waals surface area contributed by atoms with Gasteiger partial charge in [0.2, 0.25) is 0 Å². The summed E-state index contributed by atoms with van der Waals surface area (Å²) in [5.74, 6) is -1.01. The Labute approximate surface area is 113 Å². The van der Waals surface area contributed by atoms with Gasteiger partial charge in [-0.05, 0) is 12.1 Å². The number of halogens is 2. The maximum absolute atomic E-state index is 13.1. The predicted molar refractivity (Wildman–Crippen MR) is 74.3 cm³/mol. The number of aromatic nitrogens is 2. The lowest BCUT2D eigenvalue weighted by molar-refractivity contribution is 0.650.